The lowest BCUT2D eigenvalue weighted by atomic mass is 9.91. The van der Waals surface area contributed by atoms with Gasteiger partial charge in [0.25, 0.3) is 0 Å². The Morgan fingerprint density at radius 3 is 2.59 bits per heavy atom. The Labute approximate surface area is 105 Å². The zero-order valence-corrected chi connectivity index (χ0v) is 11.4. The Hall–Kier alpha value is -0.610. The van der Waals surface area contributed by atoms with E-state index in [0.717, 1.165) is 32.5 Å². The van der Waals surface area contributed by atoms with Gasteiger partial charge in [-0.25, -0.2) is 0 Å². The average molecular weight is 242 g/mol. The number of carbonyl (C=O) groups is 1. The van der Waals surface area contributed by atoms with Gasteiger partial charge in [0.1, 0.15) is 0 Å². The number of carbonyl (C=O) groups excluding carboxylic acids is 1. The third kappa shape index (κ3) is 3.68. The van der Waals surface area contributed by atoms with Crippen molar-refractivity contribution in [1.29, 1.82) is 0 Å². The fourth-order valence-corrected chi connectivity index (χ4v) is 2.68. The van der Waals surface area contributed by atoms with Crippen molar-refractivity contribution in [2.75, 3.05) is 32.8 Å². The third-order valence-electron chi connectivity index (χ3n) is 3.87. The Morgan fingerprint density at radius 1 is 1.41 bits per heavy atom. The second kappa shape index (κ2) is 6.97. The summed E-state index contributed by atoms with van der Waals surface area (Å²) >= 11 is 0. The molecule has 4 heteroatoms. The van der Waals surface area contributed by atoms with Crippen LogP contribution in [0.2, 0.25) is 0 Å². The molecular formula is C13H26N2O2. The Kier molecular flexibility index (Phi) is 5.92. The predicted molar refractivity (Wildman–Crippen MR) is 68.8 cm³/mol. The molecule has 1 aliphatic rings. The zero-order valence-electron chi connectivity index (χ0n) is 11.4. The Balaban J connectivity index is 2.56. The number of aliphatic hydroxyl groups excluding tert-OH is 1. The highest BCUT2D eigenvalue weighted by Gasteiger charge is 2.29. The highest BCUT2D eigenvalue weighted by atomic mass is 16.3. The highest BCUT2D eigenvalue weighted by Crippen LogP contribution is 2.22. The van der Waals surface area contributed by atoms with Gasteiger partial charge in [0.2, 0.25) is 5.91 Å². The average Bonchev–Trinajstić information content (AvgIpc) is 2.31. The predicted octanol–water partition coefficient (Wildman–Crippen LogP) is 0.948. The lowest BCUT2D eigenvalue weighted by Gasteiger charge is -2.39. The van der Waals surface area contributed by atoms with Crippen LogP contribution in [0.4, 0.5) is 0 Å². The van der Waals surface area contributed by atoms with Crippen LogP contribution in [0.5, 0.6) is 0 Å². The summed E-state index contributed by atoms with van der Waals surface area (Å²) < 4.78 is 0. The van der Waals surface area contributed by atoms with E-state index in [1.807, 2.05) is 18.7 Å². The van der Waals surface area contributed by atoms with Gasteiger partial charge in [0.15, 0.2) is 0 Å². The summed E-state index contributed by atoms with van der Waals surface area (Å²) in [5, 5.41) is 9.43. The summed E-state index contributed by atoms with van der Waals surface area (Å²) in [6, 6.07) is 0.156. The van der Waals surface area contributed by atoms with E-state index in [9.17, 15) is 9.90 Å². The van der Waals surface area contributed by atoms with Crippen LogP contribution in [-0.4, -0.2) is 59.6 Å². The van der Waals surface area contributed by atoms with Crippen molar-refractivity contribution < 1.29 is 9.90 Å². The van der Waals surface area contributed by atoms with Crippen molar-refractivity contribution in [3.63, 3.8) is 0 Å². The van der Waals surface area contributed by atoms with Gasteiger partial charge < -0.3 is 10.0 Å². The molecule has 0 radical (unpaired) electrons. The van der Waals surface area contributed by atoms with E-state index in [4.69, 9.17) is 0 Å². The lowest BCUT2D eigenvalue weighted by molar-refractivity contribution is -0.133. The van der Waals surface area contributed by atoms with E-state index in [2.05, 4.69) is 11.8 Å². The molecule has 1 rings (SSSR count). The molecule has 1 fully saturated rings. The van der Waals surface area contributed by atoms with Gasteiger partial charge in [-0.3, -0.25) is 9.69 Å². The molecule has 0 aromatic rings. The number of piperidine rings is 1. The lowest BCUT2D eigenvalue weighted by Crippen LogP contribution is -2.51. The first-order chi connectivity index (χ1) is 8.13. The first-order valence-corrected chi connectivity index (χ1v) is 6.76. The summed E-state index contributed by atoms with van der Waals surface area (Å²) in [4.78, 5) is 16.0. The summed E-state index contributed by atoms with van der Waals surface area (Å²) in [6.45, 7) is 9.25. The second-order valence-corrected chi connectivity index (χ2v) is 4.91. The number of likely N-dealkylation sites (tertiary alicyclic amines) is 1. The molecule has 1 amide bonds. The molecule has 4 nitrogen and oxygen atoms in total. The SMILES string of the molecule is CCN(CC)C(=O)CN1CCCC(C)C1CO. The van der Waals surface area contributed by atoms with Gasteiger partial charge >= 0.3 is 0 Å². The molecule has 17 heavy (non-hydrogen) atoms. The van der Waals surface area contributed by atoms with Crippen LogP contribution < -0.4 is 0 Å². The maximum Gasteiger partial charge on any atom is 0.236 e. The maximum absolute atomic E-state index is 12.0. The molecule has 1 N–H and O–H groups in total. The minimum atomic E-state index is 0.156. The van der Waals surface area contributed by atoms with Crippen LogP contribution in [-0.2, 0) is 4.79 Å². The number of likely N-dealkylation sites (N-methyl/N-ethyl adjacent to an activating group) is 1. The summed E-state index contributed by atoms with van der Waals surface area (Å²) in [7, 11) is 0. The van der Waals surface area contributed by atoms with Crippen molar-refractivity contribution in [2.24, 2.45) is 5.92 Å². The number of rotatable bonds is 5. The molecule has 0 spiro atoms. The molecule has 100 valence electrons. The third-order valence-corrected chi connectivity index (χ3v) is 3.87. The van der Waals surface area contributed by atoms with Crippen LogP contribution in [0, 0.1) is 5.92 Å². The number of aliphatic hydroxyl groups is 1. The monoisotopic (exact) mass is 242 g/mol. The van der Waals surface area contributed by atoms with Crippen LogP contribution in [0.1, 0.15) is 33.6 Å². The quantitative estimate of drug-likeness (QED) is 0.780. The molecule has 0 saturated carbocycles. The molecule has 2 atom stereocenters. The molecule has 0 aliphatic carbocycles. The highest BCUT2D eigenvalue weighted by molar-refractivity contribution is 5.78. The number of amides is 1. The minimum Gasteiger partial charge on any atom is -0.395 e. The van der Waals surface area contributed by atoms with Crippen molar-refractivity contribution in [2.45, 2.75) is 39.7 Å². The van der Waals surface area contributed by atoms with E-state index in [1.54, 1.807) is 0 Å². The first-order valence-electron chi connectivity index (χ1n) is 6.76. The summed E-state index contributed by atoms with van der Waals surface area (Å²) in [5.74, 6) is 0.667. The maximum atomic E-state index is 12.0. The summed E-state index contributed by atoms with van der Waals surface area (Å²) in [6.07, 6.45) is 2.28. The Morgan fingerprint density at radius 2 is 2.06 bits per heavy atom. The van der Waals surface area contributed by atoms with Crippen LogP contribution in [0.3, 0.4) is 0 Å². The molecule has 2 unspecified atom stereocenters. The van der Waals surface area contributed by atoms with E-state index >= 15 is 0 Å². The summed E-state index contributed by atoms with van der Waals surface area (Å²) in [5.41, 5.74) is 0. The van der Waals surface area contributed by atoms with Crippen molar-refractivity contribution in [1.82, 2.24) is 9.80 Å². The van der Waals surface area contributed by atoms with E-state index in [0.29, 0.717) is 12.5 Å². The molecule has 0 bridgehead atoms. The molecule has 1 heterocycles. The molecule has 0 aromatic heterocycles. The van der Waals surface area contributed by atoms with Gasteiger partial charge in [-0.2, -0.15) is 0 Å². The number of hydrogen-bond acceptors (Lipinski definition) is 3. The van der Waals surface area contributed by atoms with E-state index in [1.165, 1.54) is 0 Å². The van der Waals surface area contributed by atoms with Crippen molar-refractivity contribution in [3.05, 3.63) is 0 Å². The van der Waals surface area contributed by atoms with Gasteiger partial charge in [-0.1, -0.05) is 6.92 Å². The second-order valence-electron chi connectivity index (χ2n) is 4.91. The molecule has 1 aliphatic heterocycles. The van der Waals surface area contributed by atoms with E-state index < -0.39 is 0 Å². The van der Waals surface area contributed by atoms with Crippen LogP contribution in [0.15, 0.2) is 0 Å². The smallest absolute Gasteiger partial charge is 0.236 e. The topological polar surface area (TPSA) is 43.8 Å². The normalized spacial score (nSPS) is 25.9. The van der Waals surface area contributed by atoms with Crippen LogP contribution in [0.25, 0.3) is 0 Å². The fraction of sp³-hybridized carbons (Fsp3) is 0.923. The van der Waals surface area contributed by atoms with Gasteiger partial charge in [-0.15, -0.1) is 0 Å². The fourth-order valence-electron chi connectivity index (χ4n) is 2.68. The minimum absolute atomic E-state index is 0.156. The largest absolute Gasteiger partial charge is 0.395 e. The zero-order chi connectivity index (χ0) is 12.8. The number of nitrogens with zero attached hydrogens (tertiary/aromatic N) is 2. The standard InChI is InChI=1S/C13H26N2O2/c1-4-14(5-2)13(17)9-15-8-6-7-11(3)12(15)10-16/h11-12,16H,4-10H2,1-3H3. The van der Waals surface area contributed by atoms with Gasteiger partial charge in [0, 0.05) is 19.1 Å². The first kappa shape index (κ1) is 14.5. The van der Waals surface area contributed by atoms with Gasteiger partial charge in [-0.05, 0) is 39.2 Å². The molecular weight excluding hydrogens is 216 g/mol. The van der Waals surface area contributed by atoms with E-state index in [-0.39, 0.29) is 18.6 Å². The van der Waals surface area contributed by atoms with Crippen molar-refractivity contribution >= 4 is 5.91 Å². The van der Waals surface area contributed by atoms with Crippen LogP contribution >= 0.6 is 0 Å². The van der Waals surface area contributed by atoms with Crippen molar-refractivity contribution in [3.8, 4) is 0 Å². The molecule has 0 aromatic carbocycles. The van der Waals surface area contributed by atoms with Gasteiger partial charge in [0.05, 0.1) is 13.2 Å². The number of hydrogen-bond donors (Lipinski definition) is 1. The Bertz CT molecular complexity index is 242. The molecule has 1 saturated heterocycles.